The van der Waals surface area contributed by atoms with Crippen molar-refractivity contribution in [3.63, 3.8) is 0 Å². The molecule has 1 aromatic carbocycles. The first kappa shape index (κ1) is 18.7. The highest BCUT2D eigenvalue weighted by Crippen LogP contribution is 2.58. The minimum Gasteiger partial charge on any atom is -0.376 e. The molecule has 0 N–H and O–H groups in total. The van der Waals surface area contributed by atoms with E-state index in [0.717, 1.165) is 18.7 Å². The molecule has 0 amide bonds. The topological polar surface area (TPSA) is 20.3 Å². The molecule has 0 radical (unpaired) electrons. The Labute approximate surface area is 134 Å². The van der Waals surface area contributed by atoms with Crippen molar-refractivity contribution in [1.29, 1.82) is 0 Å². The fourth-order valence-electron chi connectivity index (χ4n) is 2.36. The summed E-state index contributed by atoms with van der Waals surface area (Å²) in [6.45, 7) is 9.28. The first-order chi connectivity index (χ1) is 10.5. The van der Waals surface area contributed by atoms with Crippen LogP contribution in [0.5, 0.6) is 0 Å². The van der Waals surface area contributed by atoms with Crippen molar-refractivity contribution in [2.24, 2.45) is 0 Å². The number of allylic oxidation sites excluding steroid dienone is 2. The van der Waals surface area contributed by atoms with Gasteiger partial charge in [0.2, 0.25) is 0 Å². The molecule has 122 valence electrons. The second-order valence-corrected chi connectivity index (χ2v) is 8.68. The minimum atomic E-state index is -2.57. The van der Waals surface area contributed by atoms with Gasteiger partial charge in [-0.05, 0) is 25.5 Å². The summed E-state index contributed by atoms with van der Waals surface area (Å²) in [6.07, 6.45) is 4.05. The molecule has 0 heterocycles. The van der Waals surface area contributed by atoms with E-state index in [0.29, 0.717) is 17.6 Å². The van der Waals surface area contributed by atoms with Crippen LogP contribution in [0.4, 0.5) is 4.39 Å². The molecule has 0 atom stereocenters. The molecule has 1 rings (SSSR count). The van der Waals surface area contributed by atoms with E-state index in [1.807, 2.05) is 62.9 Å². The van der Waals surface area contributed by atoms with E-state index < -0.39 is 7.14 Å². The van der Waals surface area contributed by atoms with Gasteiger partial charge in [0.05, 0.1) is 0 Å². The third kappa shape index (κ3) is 4.84. The zero-order valence-corrected chi connectivity index (χ0v) is 14.9. The van der Waals surface area contributed by atoms with Crippen LogP contribution in [0.15, 0.2) is 48.4 Å². The lowest BCUT2D eigenvalue weighted by atomic mass is 10.2. The summed E-state index contributed by atoms with van der Waals surface area (Å²) in [4.78, 5) is 1.89. The Morgan fingerprint density at radius 3 is 2.09 bits per heavy atom. The highest BCUT2D eigenvalue weighted by atomic mass is 31.2. The van der Waals surface area contributed by atoms with Crippen LogP contribution in [0.25, 0.3) is 5.31 Å². The van der Waals surface area contributed by atoms with Crippen molar-refractivity contribution >= 4 is 12.5 Å². The quantitative estimate of drug-likeness (QED) is 0.459. The fraction of sp³-hybridized carbons (Fsp3) is 0.444. The summed E-state index contributed by atoms with van der Waals surface area (Å²) in [6, 6.07) is 9.49. The standard InChI is InChI=1S/C18H27FNOP/c1-5-20(6-2)15-17(19)14-18(22(21,7-3)8-4)16-12-10-9-11-13-16/h9-15H,5-8H2,1-4H3/b17-15-,18-14-. The van der Waals surface area contributed by atoms with Crippen LogP contribution in [-0.4, -0.2) is 30.3 Å². The summed E-state index contributed by atoms with van der Waals surface area (Å²) in [5.74, 6) is -0.343. The maximum atomic E-state index is 14.4. The molecular weight excluding hydrogens is 296 g/mol. The maximum absolute atomic E-state index is 14.4. The van der Waals surface area contributed by atoms with Crippen LogP contribution in [-0.2, 0) is 4.57 Å². The van der Waals surface area contributed by atoms with E-state index in [1.165, 1.54) is 12.3 Å². The number of halogens is 1. The Kier molecular flexibility index (Phi) is 7.61. The van der Waals surface area contributed by atoms with Gasteiger partial charge in [0.25, 0.3) is 0 Å². The van der Waals surface area contributed by atoms with Gasteiger partial charge in [-0.3, -0.25) is 0 Å². The van der Waals surface area contributed by atoms with E-state index >= 15 is 0 Å². The molecule has 4 heteroatoms. The third-order valence-electron chi connectivity index (χ3n) is 3.92. The van der Waals surface area contributed by atoms with E-state index in [9.17, 15) is 8.96 Å². The molecule has 0 aliphatic rings. The molecule has 0 aromatic heterocycles. The highest BCUT2D eigenvalue weighted by Gasteiger charge is 2.24. The summed E-state index contributed by atoms with van der Waals surface area (Å²) in [7, 11) is -2.57. The van der Waals surface area contributed by atoms with Crippen molar-refractivity contribution in [3.05, 3.63) is 54.0 Å². The van der Waals surface area contributed by atoms with Crippen LogP contribution in [0.2, 0.25) is 0 Å². The van der Waals surface area contributed by atoms with Gasteiger partial charge in [-0.15, -0.1) is 0 Å². The van der Waals surface area contributed by atoms with Crippen LogP contribution in [0.1, 0.15) is 33.3 Å². The Balaban J connectivity index is 3.33. The van der Waals surface area contributed by atoms with Crippen LogP contribution >= 0.6 is 7.14 Å². The molecule has 1 aromatic rings. The molecule has 0 aliphatic heterocycles. The van der Waals surface area contributed by atoms with Gasteiger partial charge in [0, 0.05) is 36.9 Å². The van der Waals surface area contributed by atoms with E-state index in [4.69, 9.17) is 0 Å². The average molecular weight is 323 g/mol. The number of rotatable bonds is 8. The van der Waals surface area contributed by atoms with Crippen LogP contribution < -0.4 is 0 Å². The Morgan fingerprint density at radius 1 is 1.09 bits per heavy atom. The maximum Gasteiger partial charge on any atom is 0.139 e. The van der Waals surface area contributed by atoms with E-state index in [2.05, 4.69) is 0 Å². The molecule has 0 spiro atoms. The van der Waals surface area contributed by atoms with Gasteiger partial charge in [0.15, 0.2) is 0 Å². The summed E-state index contributed by atoms with van der Waals surface area (Å²) >= 11 is 0. The summed E-state index contributed by atoms with van der Waals surface area (Å²) in [5, 5.41) is 0.638. The Hall–Kier alpha value is -1.34. The Morgan fingerprint density at radius 2 is 1.64 bits per heavy atom. The first-order valence-corrected chi connectivity index (χ1v) is 10.1. The van der Waals surface area contributed by atoms with Crippen molar-refractivity contribution in [1.82, 2.24) is 4.90 Å². The number of hydrogen-bond donors (Lipinski definition) is 0. The molecular formula is C18H27FNOP. The second-order valence-electron chi connectivity index (χ2n) is 5.15. The lowest BCUT2D eigenvalue weighted by Crippen LogP contribution is -2.15. The van der Waals surface area contributed by atoms with Gasteiger partial charge >= 0.3 is 0 Å². The van der Waals surface area contributed by atoms with Crippen molar-refractivity contribution < 1.29 is 8.96 Å². The van der Waals surface area contributed by atoms with E-state index in [-0.39, 0.29) is 5.83 Å². The molecule has 0 unspecified atom stereocenters. The third-order valence-corrected chi connectivity index (χ3v) is 7.23. The van der Waals surface area contributed by atoms with Crippen molar-refractivity contribution in [3.8, 4) is 0 Å². The van der Waals surface area contributed by atoms with Crippen molar-refractivity contribution in [2.45, 2.75) is 27.7 Å². The smallest absolute Gasteiger partial charge is 0.139 e. The molecule has 0 saturated carbocycles. The lowest BCUT2D eigenvalue weighted by Gasteiger charge is -2.19. The second kappa shape index (κ2) is 8.95. The molecule has 22 heavy (non-hydrogen) atoms. The number of hydrogen-bond acceptors (Lipinski definition) is 2. The van der Waals surface area contributed by atoms with Gasteiger partial charge in [-0.1, -0.05) is 44.2 Å². The molecule has 0 aliphatic carbocycles. The summed E-state index contributed by atoms with van der Waals surface area (Å²) < 4.78 is 27.5. The Bertz CT molecular complexity index is 554. The summed E-state index contributed by atoms with van der Waals surface area (Å²) in [5.41, 5.74) is 0.845. The SMILES string of the molecule is CCN(/C=C(F)/C=C(/c1ccccc1)P(=O)(CC)CC)CC. The normalized spacial score (nSPS) is 13.3. The van der Waals surface area contributed by atoms with Crippen LogP contribution in [0, 0.1) is 0 Å². The highest BCUT2D eigenvalue weighted by molar-refractivity contribution is 7.74. The average Bonchev–Trinajstić information content (AvgIpc) is 2.57. The predicted octanol–water partition coefficient (Wildman–Crippen LogP) is 5.58. The molecule has 2 nitrogen and oxygen atoms in total. The van der Waals surface area contributed by atoms with Crippen molar-refractivity contribution in [2.75, 3.05) is 25.4 Å². The molecule has 0 saturated heterocycles. The van der Waals surface area contributed by atoms with Gasteiger partial charge in [0.1, 0.15) is 13.0 Å². The molecule has 0 fully saturated rings. The van der Waals surface area contributed by atoms with Gasteiger partial charge in [-0.25, -0.2) is 4.39 Å². The first-order valence-electron chi connectivity index (χ1n) is 7.97. The number of benzene rings is 1. The zero-order chi connectivity index (χ0) is 16.6. The molecule has 0 bridgehead atoms. The van der Waals surface area contributed by atoms with E-state index in [1.54, 1.807) is 0 Å². The largest absolute Gasteiger partial charge is 0.376 e. The fourth-order valence-corrected chi connectivity index (χ4v) is 4.46. The minimum absolute atomic E-state index is 0.343. The lowest BCUT2D eigenvalue weighted by molar-refractivity contribution is 0.406. The monoisotopic (exact) mass is 323 g/mol. The zero-order valence-electron chi connectivity index (χ0n) is 14.1. The van der Waals surface area contributed by atoms with Gasteiger partial charge in [-0.2, -0.15) is 0 Å². The predicted molar refractivity (Wildman–Crippen MR) is 95.2 cm³/mol. The number of nitrogens with zero attached hydrogens (tertiary/aromatic N) is 1. The van der Waals surface area contributed by atoms with Crippen LogP contribution in [0.3, 0.4) is 0 Å². The van der Waals surface area contributed by atoms with Gasteiger partial charge < -0.3 is 9.46 Å².